The summed E-state index contributed by atoms with van der Waals surface area (Å²) in [6.45, 7) is 5.65. The highest BCUT2D eigenvalue weighted by Crippen LogP contribution is 2.43. The first kappa shape index (κ1) is 22.0. The van der Waals surface area contributed by atoms with Crippen LogP contribution in [0.4, 0.5) is 5.95 Å². The normalized spacial score (nSPS) is 20.8. The Morgan fingerprint density at radius 1 is 1.20 bits per heavy atom. The highest BCUT2D eigenvalue weighted by Gasteiger charge is 2.41. The Labute approximate surface area is 179 Å². The molecular weight excluding hydrogens is 376 g/mol. The molecule has 0 aliphatic carbocycles. The lowest BCUT2D eigenvalue weighted by molar-refractivity contribution is -0.116. The molecular formula is C24H32N4O2. The molecule has 1 aliphatic heterocycles. The van der Waals surface area contributed by atoms with Gasteiger partial charge in [0.05, 0.1) is 5.60 Å². The molecule has 3 rings (SSSR count). The van der Waals surface area contributed by atoms with Gasteiger partial charge in [-0.1, -0.05) is 30.3 Å². The number of carbonyl (C=O) groups excluding carboxylic acids is 1. The van der Waals surface area contributed by atoms with Gasteiger partial charge in [-0.15, -0.1) is 0 Å². The first-order valence-electron chi connectivity index (χ1n) is 10.4. The Morgan fingerprint density at radius 2 is 1.90 bits per heavy atom. The summed E-state index contributed by atoms with van der Waals surface area (Å²) in [5.41, 5.74) is 1.96. The van der Waals surface area contributed by atoms with Crippen LogP contribution in [0.25, 0.3) is 6.08 Å². The van der Waals surface area contributed by atoms with Crippen molar-refractivity contribution in [2.24, 2.45) is 0 Å². The number of carbonyl (C=O) groups is 1. The highest BCUT2D eigenvalue weighted by atomic mass is 16.5. The van der Waals surface area contributed by atoms with E-state index in [4.69, 9.17) is 4.74 Å². The van der Waals surface area contributed by atoms with Crippen molar-refractivity contribution in [2.75, 3.05) is 32.1 Å². The van der Waals surface area contributed by atoms with Crippen LogP contribution in [0.2, 0.25) is 0 Å². The van der Waals surface area contributed by atoms with Crippen molar-refractivity contribution < 1.29 is 9.53 Å². The molecule has 0 bridgehead atoms. The lowest BCUT2D eigenvalue weighted by atomic mass is 9.67. The predicted molar refractivity (Wildman–Crippen MR) is 120 cm³/mol. The SMILES string of the molecule is CN(C)c1ncc(C=CC(=O)NCCC2(c3ccccc3)CCOC(C)(C)C2)cn1. The fourth-order valence-electron chi connectivity index (χ4n) is 4.18. The van der Waals surface area contributed by atoms with Crippen LogP contribution in [0, 0.1) is 0 Å². The molecule has 2 heterocycles. The summed E-state index contributed by atoms with van der Waals surface area (Å²) in [6.07, 6.45) is 9.47. The molecule has 0 spiro atoms. The third-order valence-corrected chi connectivity index (χ3v) is 5.61. The van der Waals surface area contributed by atoms with Crippen molar-refractivity contribution in [1.82, 2.24) is 15.3 Å². The summed E-state index contributed by atoms with van der Waals surface area (Å²) in [5.74, 6) is 0.531. The maximum absolute atomic E-state index is 12.3. The zero-order chi connectivity index (χ0) is 21.6. The monoisotopic (exact) mass is 408 g/mol. The van der Waals surface area contributed by atoms with E-state index in [1.54, 1.807) is 18.5 Å². The summed E-state index contributed by atoms with van der Waals surface area (Å²) in [4.78, 5) is 22.7. The van der Waals surface area contributed by atoms with E-state index in [0.717, 1.165) is 31.4 Å². The number of ether oxygens (including phenoxy) is 1. The second-order valence-corrected chi connectivity index (χ2v) is 8.77. The van der Waals surface area contributed by atoms with Crippen LogP contribution in [0.15, 0.2) is 48.8 Å². The van der Waals surface area contributed by atoms with E-state index in [-0.39, 0.29) is 16.9 Å². The first-order valence-corrected chi connectivity index (χ1v) is 10.4. The van der Waals surface area contributed by atoms with Crippen LogP contribution in [0.1, 0.15) is 44.2 Å². The molecule has 1 aromatic carbocycles. The number of anilines is 1. The average Bonchev–Trinajstić information content (AvgIpc) is 2.72. The molecule has 1 aromatic heterocycles. The molecule has 0 radical (unpaired) electrons. The van der Waals surface area contributed by atoms with Gasteiger partial charge in [-0.2, -0.15) is 0 Å². The van der Waals surface area contributed by atoms with Gasteiger partial charge in [-0.25, -0.2) is 9.97 Å². The summed E-state index contributed by atoms with van der Waals surface area (Å²) < 4.78 is 5.97. The number of hydrogen-bond donors (Lipinski definition) is 1. The molecule has 1 amide bonds. The quantitative estimate of drug-likeness (QED) is 0.709. The first-order chi connectivity index (χ1) is 14.3. The van der Waals surface area contributed by atoms with Crippen molar-refractivity contribution in [3.63, 3.8) is 0 Å². The zero-order valence-corrected chi connectivity index (χ0v) is 18.4. The largest absolute Gasteiger partial charge is 0.376 e. The van der Waals surface area contributed by atoms with E-state index in [9.17, 15) is 4.79 Å². The fraction of sp³-hybridized carbons (Fsp3) is 0.458. The van der Waals surface area contributed by atoms with E-state index in [0.29, 0.717) is 12.5 Å². The van der Waals surface area contributed by atoms with Crippen LogP contribution in [-0.4, -0.2) is 48.7 Å². The van der Waals surface area contributed by atoms with E-state index in [2.05, 4.69) is 53.4 Å². The standard InChI is InChI=1S/C24H32N4O2/c1-23(2)18-24(13-15-30-23,20-8-6-5-7-9-20)12-14-25-21(29)11-10-19-16-26-22(27-17-19)28(3)4/h5-11,16-17H,12-15,18H2,1-4H3,(H,25,29). The molecule has 1 N–H and O–H groups in total. The van der Waals surface area contributed by atoms with Crippen LogP contribution in [-0.2, 0) is 14.9 Å². The Hall–Kier alpha value is -2.73. The van der Waals surface area contributed by atoms with E-state index in [1.165, 1.54) is 11.6 Å². The van der Waals surface area contributed by atoms with Gasteiger partial charge in [-0.05, 0) is 44.7 Å². The van der Waals surface area contributed by atoms with Crippen molar-refractivity contribution in [2.45, 2.75) is 44.1 Å². The van der Waals surface area contributed by atoms with Crippen molar-refractivity contribution in [3.8, 4) is 0 Å². The lowest BCUT2D eigenvalue weighted by Gasteiger charge is -2.45. The highest BCUT2D eigenvalue weighted by molar-refractivity contribution is 5.91. The van der Waals surface area contributed by atoms with Crippen molar-refractivity contribution >= 4 is 17.9 Å². The Balaban J connectivity index is 1.60. The molecule has 1 unspecified atom stereocenters. The Bertz CT molecular complexity index is 863. The van der Waals surface area contributed by atoms with Gasteiger partial charge in [0.1, 0.15) is 0 Å². The number of nitrogens with zero attached hydrogens (tertiary/aromatic N) is 3. The number of amides is 1. The molecule has 6 nitrogen and oxygen atoms in total. The molecule has 160 valence electrons. The van der Waals surface area contributed by atoms with Crippen molar-refractivity contribution in [3.05, 3.63) is 59.9 Å². The van der Waals surface area contributed by atoms with Gasteiger partial charge in [-0.3, -0.25) is 4.79 Å². The summed E-state index contributed by atoms with van der Waals surface area (Å²) in [6, 6.07) is 10.6. The number of hydrogen-bond acceptors (Lipinski definition) is 5. The smallest absolute Gasteiger partial charge is 0.244 e. The number of benzene rings is 1. The minimum absolute atomic E-state index is 0.00978. The number of nitrogens with one attached hydrogen (secondary N) is 1. The Kier molecular flexibility index (Phi) is 6.87. The molecule has 0 saturated carbocycles. The molecule has 30 heavy (non-hydrogen) atoms. The lowest BCUT2D eigenvalue weighted by Crippen LogP contribution is -2.45. The van der Waals surface area contributed by atoms with Crippen LogP contribution >= 0.6 is 0 Å². The van der Waals surface area contributed by atoms with Crippen LogP contribution in [0.5, 0.6) is 0 Å². The number of rotatable bonds is 7. The number of aromatic nitrogens is 2. The molecule has 6 heteroatoms. The van der Waals surface area contributed by atoms with Crippen LogP contribution < -0.4 is 10.2 Å². The van der Waals surface area contributed by atoms with Gasteiger partial charge in [0, 0.05) is 56.7 Å². The van der Waals surface area contributed by atoms with E-state index in [1.807, 2.05) is 25.1 Å². The topological polar surface area (TPSA) is 67.4 Å². The third-order valence-electron chi connectivity index (χ3n) is 5.61. The summed E-state index contributed by atoms with van der Waals surface area (Å²) in [7, 11) is 3.78. The maximum Gasteiger partial charge on any atom is 0.244 e. The van der Waals surface area contributed by atoms with Crippen LogP contribution in [0.3, 0.4) is 0 Å². The zero-order valence-electron chi connectivity index (χ0n) is 18.4. The average molecular weight is 409 g/mol. The minimum atomic E-state index is -0.170. The second-order valence-electron chi connectivity index (χ2n) is 8.77. The molecule has 1 aliphatic rings. The second kappa shape index (κ2) is 9.39. The molecule has 1 atom stereocenters. The molecule has 1 fully saturated rings. The van der Waals surface area contributed by atoms with E-state index < -0.39 is 0 Å². The summed E-state index contributed by atoms with van der Waals surface area (Å²) >= 11 is 0. The van der Waals surface area contributed by atoms with Gasteiger partial charge in [0.25, 0.3) is 0 Å². The van der Waals surface area contributed by atoms with Crippen molar-refractivity contribution in [1.29, 1.82) is 0 Å². The van der Waals surface area contributed by atoms with Gasteiger partial charge >= 0.3 is 0 Å². The third kappa shape index (κ3) is 5.66. The van der Waals surface area contributed by atoms with E-state index >= 15 is 0 Å². The summed E-state index contributed by atoms with van der Waals surface area (Å²) in [5, 5.41) is 3.04. The van der Waals surface area contributed by atoms with Gasteiger partial charge in [0.15, 0.2) is 0 Å². The van der Waals surface area contributed by atoms with Gasteiger partial charge in [0.2, 0.25) is 11.9 Å². The molecule has 2 aromatic rings. The van der Waals surface area contributed by atoms with Gasteiger partial charge < -0.3 is 15.0 Å². The molecule has 1 saturated heterocycles. The predicted octanol–water partition coefficient (Wildman–Crippen LogP) is 3.59. The fourth-order valence-corrected chi connectivity index (χ4v) is 4.18. The minimum Gasteiger partial charge on any atom is -0.376 e. The maximum atomic E-state index is 12.3. The Morgan fingerprint density at radius 3 is 2.53 bits per heavy atom.